The number of carbonyl (C=O) groups excluding carboxylic acids is 2. The molecule has 0 saturated carbocycles. The van der Waals surface area contributed by atoms with Gasteiger partial charge in [-0.3, -0.25) is 14.7 Å². The molecule has 6 rings (SSSR count). The van der Waals surface area contributed by atoms with E-state index in [9.17, 15) is 9.59 Å². The van der Waals surface area contributed by atoms with E-state index < -0.39 is 11.9 Å². The normalized spacial score (nSPS) is 14.7. The van der Waals surface area contributed by atoms with E-state index in [1.165, 1.54) is 4.90 Å². The summed E-state index contributed by atoms with van der Waals surface area (Å²) in [4.78, 5) is 32.1. The standard InChI is InChI=1S/C32H27N5O3/c1-37-27-19-25(24-14-8-13-23(18-24)22-11-6-3-7-12-22)15-16-28(27)40-20-26(32(37)39)33-31(38)30-34-29(35-36-30)17-21-9-4-2-5-10-21/h2-16,18-19,26H,17,20H2,1H3,(H,33,38)(H,34,35,36)/t26-/m0/s1. The van der Waals surface area contributed by atoms with Crippen LogP contribution in [0.25, 0.3) is 22.3 Å². The molecule has 40 heavy (non-hydrogen) atoms. The maximum absolute atomic E-state index is 13.4. The second-order valence-electron chi connectivity index (χ2n) is 9.63. The lowest BCUT2D eigenvalue weighted by molar-refractivity contribution is -0.120. The number of likely N-dealkylation sites (N-methyl/N-ethyl adjacent to an activating group) is 1. The van der Waals surface area contributed by atoms with Crippen molar-refractivity contribution < 1.29 is 14.3 Å². The molecular formula is C32H27N5O3. The molecule has 1 aromatic heterocycles. The fourth-order valence-electron chi connectivity index (χ4n) is 4.78. The topological polar surface area (TPSA) is 100 Å². The fraction of sp³-hybridized carbons (Fsp3) is 0.125. The van der Waals surface area contributed by atoms with Crippen LogP contribution in [0.3, 0.4) is 0 Å². The van der Waals surface area contributed by atoms with Crippen molar-refractivity contribution in [3.05, 3.63) is 120 Å². The van der Waals surface area contributed by atoms with Crippen molar-refractivity contribution in [2.45, 2.75) is 12.5 Å². The number of aromatic nitrogens is 3. The number of aromatic amines is 1. The molecule has 0 radical (unpaired) electrons. The third-order valence-corrected chi connectivity index (χ3v) is 6.91. The van der Waals surface area contributed by atoms with Gasteiger partial charge >= 0.3 is 0 Å². The van der Waals surface area contributed by atoms with Gasteiger partial charge in [0.2, 0.25) is 5.82 Å². The molecule has 1 atom stereocenters. The van der Waals surface area contributed by atoms with Gasteiger partial charge in [0.05, 0.1) is 5.69 Å². The van der Waals surface area contributed by atoms with E-state index in [0.717, 1.165) is 27.8 Å². The van der Waals surface area contributed by atoms with Gasteiger partial charge in [-0.05, 0) is 46.0 Å². The van der Waals surface area contributed by atoms with Gasteiger partial charge in [0, 0.05) is 13.5 Å². The Kier molecular flexibility index (Phi) is 6.80. The lowest BCUT2D eigenvalue weighted by Gasteiger charge is -2.20. The van der Waals surface area contributed by atoms with Crippen LogP contribution >= 0.6 is 0 Å². The summed E-state index contributed by atoms with van der Waals surface area (Å²) in [6.07, 6.45) is 0.515. The van der Waals surface area contributed by atoms with E-state index in [2.05, 4.69) is 44.8 Å². The number of benzene rings is 4. The summed E-state index contributed by atoms with van der Waals surface area (Å²) < 4.78 is 5.98. The number of rotatable bonds is 6. The average molecular weight is 530 g/mol. The summed E-state index contributed by atoms with van der Waals surface area (Å²) in [5, 5.41) is 9.59. The molecule has 2 amide bonds. The SMILES string of the molecule is CN1C(=O)[C@@H](NC(=O)c2n[nH]c(Cc3ccccc3)n2)COc2ccc(-c3cccc(-c4ccccc4)c3)cc21. The Morgan fingerprint density at radius 1 is 0.900 bits per heavy atom. The third kappa shape index (κ3) is 5.19. The van der Waals surface area contributed by atoms with Gasteiger partial charge in [0.15, 0.2) is 0 Å². The van der Waals surface area contributed by atoms with E-state index in [0.29, 0.717) is 23.7 Å². The van der Waals surface area contributed by atoms with E-state index in [4.69, 9.17) is 4.74 Å². The summed E-state index contributed by atoms with van der Waals surface area (Å²) in [6, 6.07) is 33.1. The van der Waals surface area contributed by atoms with Crippen molar-refractivity contribution in [1.29, 1.82) is 0 Å². The van der Waals surface area contributed by atoms with E-state index in [1.54, 1.807) is 7.05 Å². The number of H-pyrrole nitrogens is 1. The van der Waals surface area contributed by atoms with Gasteiger partial charge < -0.3 is 15.0 Å². The predicted molar refractivity (Wildman–Crippen MR) is 153 cm³/mol. The van der Waals surface area contributed by atoms with Crippen molar-refractivity contribution in [3.8, 4) is 28.0 Å². The number of nitrogens with zero attached hydrogens (tertiary/aromatic N) is 3. The van der Waals surface area contributed by atoms with Crippen molar-refractivity contribution in [1.82, 2.24) is 20.5 Å². The Morgan fingerprint density at radius 3 is 2.35 bits per heavy atom. The monoisotopic (exact) mass is 529 g/mol. The molecule has 0 bridgehead atoms. The lowest BCUT2D eigenvalue weighted by Crippen LogP contribution is -2.49. The smallest absolute Gasteiger partial charge is 0.291 e. The van der Waals surface area contributed by atoms with Crippen LogP contribution in [0.5, 0.6) is 5.75 Å². The molecule has 5 aromatic rings. The highest BCUT2D eigenvalue weighted by Crippen LogP contribution is 2.36. The Morgan fingerprint density at radius 2 is 1.57 bits per heavy atom. The van der Waals surface area contributed by atoms with Crippen molar-refractivity contribution in [2.75, 3.05) is 18.6 Å². The van der Waals surface area contributed by atoms with Crippen LogP contribution in [0.1, 0.15) is 22.0 Å². The molecule has 0 unspecified atom stereocenters. The fourth-order valence-corrected chi connectivity index (χ4v) is 4.78. The molecule has 8 nitrogen and oxygen atoms in total. The summed E-state index contributed by atoms with van der Waals surface area (Å²) >= 11 is 0. The first kappa shape index (κ1) is 25.1. The molecule has 2 N–H and O–H groups in total. The van der Waals surface area contributed by atoms with Crippen LogP contribution in [0, 0.1) is 0 Å². The quantitative estimate of drug-likeness (QED) is 0.327. The van der Waals surface area contributed by atoms with Crippen LogP contribution < -0.4 is 15.0 Å². The van der Waals surface area contributed by atoms with Gasteiger partial charge in [-0.25, -0.2) is 4.98 Å². The minimum absolute atomic E-state index is 0.00789. The first-order chi connectivity index (χ1) is 19.5. The molecular weight excluding hydrogens is 502 g/mol. The maximum atomic E-state index is 13.4. The number of carbonyl (C=O) groups is 2. The van der Waals surface area contributed by atoms with Crippen molar-refractivity contribution >= 4 is 17.5 Å². The van der Waals surface area contributed by atoms with Crippen LogP contribution in [0.15, 0.2) is 103 Å². The highest BCUT2D eigenvalue weighted by molar-refractivity contribution is 6.02. The van der Waals surface area contributed by atoms with Crippen molar-refractivity contribution in [3.63, 3.8) is 0 Å². The number of ether oxygens (including phenoxy) is 1. The minimum Gasteiger partial charge on any atom is -0.489 e. The van der Waals surface area contributed by atoms with Gasteiger partial charge in [-0.15, -0.1) is 5.10 Å². The molecule has 0 saturated heterocycles. The Balaban J connectivity index is 1.18. The predicted octanol–water partition coefficient (Wildman–Crippen LogP) is 4.88. The molecule has 0 spiro atoms. The molecule has 0 fully saturated rings. The van der Waals surface area contributed by atoms with E-state index in [-0.39, 0.29) is 18.3 Å². The number of hydrogen-bond donors (Lipinski definition) is 2. The summed E-state index contributed by atoms with van der Waals surface area (Å²) in [5.74, 6) is 0.271. The number of fused-ring (bicyclic) bond motifs is 1. The largest absolute Gasteiger partial charge is 0.489 e. The first-order valence-electron chi connectivity index (χ1n) is 13.0. The average Bonchev–Trinajstić information content (AvgIpc) is 3.44. The number of nitrogens with one attached hydrogen (secondary N) is 2. The van der Waals surface area contributed by atoms with Crippen LogP contribution in [0.4, 0.5) is 5.69 Å². The van der Waals surface area contributed by atoms with E-state index in [1.807, 2.05) is 78.9 Å². The zero-order valence-corrected chi connectivity index (χ0v) is 21.9. The summed E-state index contributed by atoms with van der Waals surface area (Å²) in [6.45, 7) is -0.00789. The zero-order valence-electron chi connectivity index (χ0n) is 21.9. The highest BCUT2D eigenvalue weighted by Gasteiger charge is 2.32. The molecule has 198 valence electrons. The van der Waals surface area contributed by atoms with E-state index >= 15 is 0 Å². The van der Waals surface area contributed by atoms with Crippen LogP contribution in [-0.4, -0.2) is 46.7 Å². The first-order valence-corrected chi connectivity index (χ1v) is 13.0. The number of hydrogen-bond acceptors (Lipinski definition) is 5. The second-order valence-corrected chi connectivity index (χ2v) is 9.63. The number of anilines is 1. The van der Waals surface area contributed by atoms with Crippen LogP contribution in [0.2, 0.25) is 0 Å². The Labute approximate surface area is 231 Å². The molecule has 1 aliphatic rings. The molecule has 4 aromatic carbocycles. The highest BCUT2D eigenvalue weighted by atomic mass is 16.5. The lowest BCUT2D eigenvalue weighted by atomic mass is 9.98. The van der Waals surface area contributed by atoms with Gasteiger partial charge in [-0.1, -0.05) is 84.9 Å². The second kappa shape index (κ2) is 10.9. The molecule has 1 aliphatic heterocycles. The summed E-state index contributed by atoms with van der Waals surface area (Å²) in [7, 11) is 1.68. The van der Waals surface area contributed by atoms with Gasteiger partial charge in [-0.2, -0.15) is 0 Å². The van der Waals surface area contributed by atoms with Crippen molar-refractivity contribution in [2.24, 2.45) is 0 Å². The Bertz CT molecular complexity index is 1670. The third-order valence-electron chi connectivity index (χ3n) is 6.91. The summed E-state index contributed by atoms with van der Waals surface area (Å²) in [5.41, 5.74) is 5.89. The number of amides is 2. The zero-order chi connectivity index (χ0) is 27.5. The maximum Gasteiger partial charge on any atom is 0.291 e. The van der Waals surface area contributed by atoms with Gasteiger partial charge in [0.25, 0.3) is 11.8 Å². The Hall–Kier alpha value is -5.24. The minimum atomic E-state index is -0.897. The molecule has 8 heteroatoms. The van der Waals surface area contributed by atoms with Crippen LogP contribution in [-0.2, 0) is 11.2 Å². The molecule has 2 heterocycles. The van der Waals surface area contributed by atoms with Gasteiger partial charge in [0.1, 0.15) is 24.2 Å². The molecule has 0 aliphatic carbocycles.